The molecule has 0 unspecified atom stereocenters. The van der Waals surface area contributed by atoms with Crippen LogP contribution in [0.1, 0.15) is 34.6 Å². The van der Waals surface area contributed by atoms with E-state index in [-0.39, 0.29) is 28.7 Å². The Bertz CT molecular complexity index is 440. The summed E-state index contributed by atoms with van der Waals surface area (Å²) in [5.41, 5.74) is -0.242. The van der Waals surface area contributed by atoms with E-state index in [1.807, 2.05) is 13.8 Å². The number of aromatic carboxylic acids is 1. The van der Waals surface area contributed by atoms with Crippen LogP contribution in [0.5, 0.6) is 0 Å². The largest absolute Gasteiger partial charge is 0.478 e. The van der Waals surface area contributed by atoms with Gasteiger partial charge < -0.3 is 9.84 Å². The van der Waals surface area contributed by atoms with Crippen molar-refractivity contribution in [2.24, 2.45) is 5.92 Å². The number of hydrogen-bond acceptors (Lipinski definition) is 3. The van der Waals surface area contributed by atoms with E-state index in [1.54, 1.807) is 0 Å². The smallest absolute Gasteiger partial charge is 0.339 e. The summed E-state index contributed by atoms with van der Waals surface area (Å²) in [6.45, 7) is 4.02. The normalized spacial score (nSPS) is 10.4. The highest BCUT2D eigenvalue weighted by Crippen LogP contribution is 2.21. The van der Waals surface area contributed by atoms with Crippen LogP contribution in [0.4, 0.5) is 0 Å². The zero-order valence-electron chi connectivity index (χ0n) is 9.57. The third-order valence-corrected chi connectivity index (χ3v) is 2.31. The average molecular weight is 257 g/mol. The molecule has 1 aromatic rings. The van der Waals surface area contributed by atoms with Crippen LogP contribution >= 0.6 is 11.6 Å². The van der Waals surface area contributed by atoms with Crippen molar-refractivity contribution in [3.8, 4) is 0 Å². The zero-order valence-corrected chi connectivity index (χ0v) is 10.3. The first-order chi connectivity index (χ1) is 7.93. The van der Waals surface area contributed by atoms with Gasteiger partial charge in [-0.3, -0.25) is 0 Å². The van der Waals surface area contributed by atoms with Crippen LogP contribution in [0.15, 0.2) is 18.2 Å². The monoisotopic (exact) mass is 256 g/mol. The third kappa shape index (κ3) is 3.46. The Labute approximate surface area is 104 Å². The predicted octanol–water partition coefficient (Wildman–Crippen LogP) is 2.85. The summed E-state index contributed by atoms with van der Waals surface area (Å²) in [5, 5.41) is 9.01. The molecule has 0 fully saturated rings. The molecule has 1 N–H and O–H groups in total. The van der Waals surface area contributed by atoms with E-state index in [4.69, 9.17) is 21.4 Å². The fourth-order valence-corrected chi connectivity index (χ4v) is 1.49. The molecule has 0 aliphatic carbocycles. The lowest BCUT2D eigenvalue weighted by molar-refractivity contribution is 0.0450. The van der Waals surface area contributed by atoms with Crippen LogP contribution in [-0.4, -0.2) is 23.7 Å². The predicted molar refractivity (Wildman–Crippen MR) is 63.5 cm³/mol. The number of carboxylic acids is 1. The molecule has 1 rings (SSSR count). The van der Waals surface area contributed by atoms with E-state index >= 15 is 0 Å². The maximum atomic E-state index is 11.7. The molecule has 17 heavy (non-hydrogen) atoms. The summed E-state index contributed by atoms with van der Waals surface area (Å²) in [6.07, 6.45) is 0. The number of halogens is 1. The van der Waals surface area contributed by atoms with Gasteiger partial charge in [-0.1, -0.05) is 31.5 Å². The number of carboxylic acid groups (broad SMARTS) is 1. The van der Waals surface area contributed by atoms with E-state index in [9.17, 15) is 9.59 Å². The van der Waals surface area contributed by atoms with Gasteiger partial charge in [0.1, 0.15) is 0 Å². The molecule has 0 aliphatic heterocycles. The molecule has 0 radical (unpaired) electrons. The Morgan fingerprint density at radius 2 is 2.06 bits per heavy atom. The first kappa shape index (κ1) is 13.5. The van der Waals surface area contributed by atoms with E-state index in [1.165, 1.54) is 18.2 Å². The SMILES string of the molecule is CC(C)COC(=O)c1cccc(Cl)c1C(=O)O. The minimum atomic E-state index is -1.24. The van der Waals surface area contributed by atoms with Gasteiger partial charge in [0, 0.05) is 0 Å². The first-order valence-electron chi connectivity index (χ1n) is 5.12. The van der Waals surface area contributed by atoms with Gasteiger partial charge in [0.05, 0.1) is 22.8 Å². The summed E-state index contributed by atoms with van der Waals surface area (Å²) in [5.74, 6) is -1.72. The number of benzene rings is 1. The lowest BCUT2D eigenvalue weighted by atomic mass is 10.1. The minimum absolute atomic E-state index is 0.0225. The van der Waals surface area contributed by atoms with Crippen molar-refractivity contribution >= 4 is 23.5 Å². The van der Waals surface area contributed by atoms with Crippen LogP contribution in [0, 0.1) is 5.92 Å². The zero-order chi connectivity index (χ0) is 13.0. The van der Waals surface area contributed by atoms with Crippen molar-refractivity contribution in [1.82, 2.24) is 0 Å². The molecule has 1 aromatic carbocycles. The summed E-state index contributed by atoms with van der Waals surface area (Å²) >= 11 is 5.74. The molecular formula is C12H13ClO4. The molecule has 0 saturated carbocycles. The topological polar surface area (TPSA) is 63.6 Å². The number of ether oxygens (including phenoxy) is 1. The molecule has 0 spiro atoms. The Morgan fingerprint density at radius 1 is 1.41 bits per heavy atom. The summed E-state index contributed by atoms with van der Waals surface area (Å²) < 4.78 is 4.97. The van der Waals surface area contributed by atoms with E-state index in [2.05, 4.69) is 0 Å². The van der Waals surface area contributed by atoms with E-state index < -0.39 is 11.9 Å². The fraction of sp³-hybridized carbons (Fsp3) is 0.333. The number of carbonyl (C=O) groups excluding carboxylic acids is 1. The van der Waals surface area contributed by atoms with Crippen LogP contribution in [-0.2, 0) is 4.74 Å². The molecule has 0 amide bonds. The second-order valence-electron chi connectivity index (χ2n) is 3.96. The van der Waals surface area contributed by atoms with E-state index in [0.717, 1.165) is 0 Å². The third-order valence-electron chi connectivity index (χ3n) is 2.00. The molecule has 92 valence electrons. The van der Waals surface area contributed by atoms with Gasteiger partial charge in [0.2, 0.25) is 0 Å². The molecule has 4 nitrogen and oxygen atoms in total. The Hall–Kier alpha value is -1.55. The Balaban J connectivity index is 3.01. The Kier molecular flexibility index (Phi) is 4.52. The van der Waals surface area contributed by atoms with Crippen molar-refractivity contribution in [3.05, 3.63) is 34.3 Å². The molecular weight excluding hydrogens is 244 g/mol. The molecule has 0 atom stereocenters. The average Bonchev–Trinajstić information content (AvgIpc) is 2.24. The highest BCUT2D eigenvalue weighted by Gasteiger charge is 2.20. The van der Waals surface area contributed by atoms with Crippen molar-refractivity contribution in [3.63, 3.8) is 0 Å². The maximum Gasteiger partial charge on any atom is 0.339 e. The fourth-order valence-electron chi connectivity index (χ4n) is 1.23. The summed E-state index contributed by atoms with van der Waals surface area (Å²) in [4.78, 5) is 22.7. The van der Waals surface area contributed by atoms with Gasteiger partial charge in [-0.05, 0) is 18.1 Å². The molecule has 0 aliphatic rings. The van der Waals surface area contributed by atoms with Crippen molar-refractivity contribution in [2.75, 3.05) is 6.61 Å². The quantitative estimate of drug-likeness (QED) is 0.842. The molecule has 5 heteroatoms. The number of esters is 1. The lowest BCUT2D eigenvalue weighted by Gasteiger charge is -2.09. The lowest BCUT2D eigenvalue weighted by Crippen LogP contribution is -2.14. The summed E-state index contributed by atoms with van der Waals surface area (Å²) in [7, 11) is 0. The van der Waals surface area contributed by atoms with Gasteiger partial charge in [0.25, 0.3) is 0 Å². The minimum Gasteiger partial charge on any atom is -0.478 e. The van der Waals surface area contributed by atoms with Gasteiger partial charge >= 0.3 is 11.9 Å². The second-order valence-corrected chi connectivity index (χ2v) is 4.37. The molecule has 0 aromatic heterocycles. The van der Waals surface area contributed by atoms with Gasteiger partial charge in [0.15, 0.2) is 0 Å². The first-order valence-corrected chi connectivity index (χ1v) is 5.50. The number of rotatable bonds is 4. The highest BCUT2D eigenvalue weighted by molar-refractivity contribution is 6.34. The molecule has 0 saturated heterocycles. The standard InChI is InChI=1S/C12H13ClO4/c1-7(2)6-17-12(16)8-4-3-5-9(13)10(8)11(14)15/h3-5,7H,6H2,1-2H3,(H,14,15). The van der Waals surface area contributed by atoms with Crippen LogP contribution in [0.25, 0.3) is 0 Å². The van der Waals surface area contributed by atoms with Crippen molar-refractivity contribution < 1.29 is 19.4 Å². The van der Waals surface area contributed by atoms with Crippen molar-refractivity contribution in [1.29, 1.82) is 0 Å². The highest BCUT2D eigenvalue weighted by atomic mass is 35.5. The van der Waals surface area contributed by atoms with Crippen LogP contribution in [0.3, 0.4) is 0 Å². The van der Waals surface area contributed by atoms with Crippen molar-refractivity contribution in [2.45, 2.75) is 13.8 Å². The van der Waals surface area contributed by atoms with Gasteiger partial charge in [-0.15, -0.1) is 0 Å². The summed E-state index contributed by atoms with van der Waals surface area (Å²) in [6, 6.07) is 4.32. The molecule has 0 heterocycles. The maximum absolute atomic E-state index is 11.7. The van der Waals surface area contributed by atoms with Gasteiger partial charge in [-0.2, -0.15) is 0 Å². The van der Waals surface area contributed by atoms with E-state index in [0.29, 0.717) is 0 Å². The Morgan fingerprint density at radius 3 is 2.59 bits per heavy atom. The van der Waals surface area contributed by atoms with Crippen LogP contribution < -0.4 is 0 Å². The molecule has 0 bridgehead atoms. The second kappa shape index (κ2) is 5.68. The van der Waals surface area contributed by atoms with Gasteiger partial charge in [-0.25, -0.2) is 9.59 Å². The number of hydrogen-bond donors (Lipinski definition) is 1. The number of carbonyl (C=O) groups is 2. The van der Waals surface area contributed by atoms with Crippen LogP contribution in [0.2, 0.25) is 5.02 Å².